The van der Waals surface area contributed by atoms with Crippen molar-refractivity contribution >= 4 is 41.9 Å². The number of hydrogen-bond donors (Lipinski definition) is 2. The highest BCUT2D eigenvalue weighted by molar-refractivity contribution is 9.11. The number of nitrogens with one attached hydrogen (secondary N) is 1. The second kappa shape index (κ2) is 7.02. The molecular weight excluding hydrogens is 422 g/mol. The van der Waals surface area contributed by atoms with E-state index in [0.29, 0.717) is 14.5 Å². The Labute approximate surface area is 140 Å². The first-order chi connectivity index (χ1) is 9.90. The van der Waals surface area contributed by atoms with Crippen LogP contribution in [0.2, 0.25) is 0 Å². The van der Waals surface area contributed by atoms with E-state index in [1.807, 2.05) is 6.07 Å². The molecule has 2 aromatic carbocycles. The van der Waals surface area contributed by atoms with Crippen LogP contribution in [0.3, 0.4) is 0 Å². The van der Waals surface area contributed by atoms with Crippen molar-refractivity contribution in [3.63, 3.8) is 0 Å². The molecule has 0 amide bonds. The first-order valence-electron chi connectivity index (χ1n) is 6.08. The fraction of sp³-hybridized carbons (Fsp3) is 0.143. The van der Waals surface area contributed by atoms with Crippen LogP contribution in [0.1, 0.15) is 11.7 Å². The molecule has 1 unspecified atom stereocenters. The van der Waals surface area contributed by atoms with Crippen LogP contribution >= 0.6 is 31.9 Å². The molecule has 2 aromatic rings. The summed E-state index contributed by atoms with van der Waals surface area (Å²) in [7, 11) is -3.70. The summed E-state index contributed by atoms with van der Waals surface area (Å²) in [5, 5.41) is 10.0. The Bertz CT molecular complexity index is 720. The lowest BCUT2D eigenvalue weighted by molar-refractivity contribution is 0.182. The minimum absolute atomic E-state index is 0.0920. The number of sulfonamides is 1. The average molecular weight is 435 g/mol. The molecule has 0 aromatic heterocycles. The van der Waals surface area contributed by atoms with E-state index in [1.54, 1.807) is 36.4 Å². The Hall–Kier alpha value is -0.730. The molecule has 0 spiro atoms. The molecule has 0 heterocycles. The third kappa shape index (κ3) is 4.37. The maximum Gasteiger partial charge on any atom is 0.241 e. The molecule has 2 rings (SSSR count). The van der Waals surface area contributed by atoms with Crippen molar-refractivity contribution in [2.24, 2.45) is 0 Å². The molecule has 0 aliphatic rings. The van der Waals surface area contributed by atoms with Gasteiger partial charge in [-0.3, -0.25) is 0 Å². The smallest absolute Gasteiger partial charge is 0.241 e. The molecule has 21 heavy (non-hydrogen) atoms. The van der Waals surface area contributed by atoms with Gasteiger partial charge in [-0.05, 0) is 39.7 Å². The van der Waals surface area contributed by atoms with Crippen molar-refractivity contribution in [2.75, 3.05) is 6.54 Å². The molecule has 1 atom stereocenters. The van der Waals surface area contributed by atoms with E-state index in [1.165, 1.54) is 6.07 Å². The number of hydrogen-bond acceptors (Lipinski definition) is 3. The summed E-state index contributed by atoms with van der Waals surface area (Å²) < 4.78 is 28.1. The van der Waals surface area contributed by atoms with Gasteiger partial charge in [-0.2, -0.15) is 0 Å². The summed E-state index contributed by atoms with van der Waals surface area (Å²) in [5.74, 6) is 0. The van der Waals surface area contributed by atoms with Crippen LogP contribution in [-0.4, -0.2) is 20.1 Å². The van der Waals surface area contributed by atoms with Gasteiger partial charge in [-0.25, -0.2) is 13.1 Å². The van der Waals surface area contributed by atoms with Crippen LogP contribution in [0.25, 0.3) is 0 Å². The summed E-state index contributed by atoms with van der Waals surface area (Å²) in [4.78, 5) is 0.122. The van der Waals surface area contributed by atoms with E-state index in [0.717, 1.165) is 0 Å². The van der Waals surface area contributed by atoms with Gasteiger partial charge in [-0.15, -0.1) is 0 Å². The Kier molecular flexibility index (Phi) is 5.56. The lowest BCUT2D eigenvalue weighted by Gasteiger charge is -2.13. The summed E-state index contributed by atoms with van der Waals surface area (Å²) >= 11 is 6.46. The van der Waals surface area contributed by atoms with Gasteiger partial charge in [-0.1, -0.05) is 46.3 Å². The summed E-state index contributed by atoms with van der Waals surface area (Å²) in [5.41, 5.74) is 0.661. The van der Waals surface area contributed by atoms with Crippen molar-refractivity contribution in [1.29, 1.82) is 0 Å². The second-order valence-corrected chi connectivity index (χ2v) is 7.86. The molecule has 0 aliphatic carbocycles. The molecule has 7 heteroatoms. The van der Waals surface area contributed by atoms with E-state index < -0.39 is 16.1 Å². The third-order valence-corrected chi connectivity index (χ3v) is 5.74. The lowest BCUT2D eigenvalue weighted by atomic mass is 10.1. The van der Waals surface area contributed by atoms with Gasteiger partial charge in [0.2, 0.25) is 10.0 Å². The van der Waals surface area contributed by atoms with E-state index >= 15 is 0 Å². The second-order valence-electron chi connectivity index (χ2n) is 4.35. The van der Waals surface area contributed by atoms with Gasteiger partial charge in [0.05, 0.1) is 11.0 Å². The van der Waals surface area contributed by atoms with Crippen LogP contribution in [0, 0.1) is 0 Å². The minimum atomic E-state index is -3.70. The van der Waals surface area contributed by atoms with Crippen molar-refractivity contribution in [1.82, 2.24) is 4.72 Å². The normalized spacial score (nSPS) is 13.1. The molecule has 4 nitrogen and oxygen atoms in total. The van der Waals surface area contributed by atoms with Crippen LogP contribution in [0.15, 0.2) is 62.4 Å². The molecule has 0 saturated carbocycles. The molecular formula is C14H13Br2NO3S. The Morgan fingerprint density at radius 2 is 1.76 bits per heavy atom. The Morgan fingerprint density at radius 1 is 1.10 bits per heavy atom. The first-order valence-corrected chi connectivity index (χ1v) is 9.15. The zero-order chi connectivity index (χ0) is 15.5. The number of halogens is 2. The van der Waals surface area contributed by atoms with Gasteiger partial charge < -0.3 is 5.11 Å². The van der Waals surface area contributed by atoms with Crippen molar-refractivity contribution < 1.29 is 13.5 Å². The fourth-order valence-electron chi connectivity index (χ4n) is 1.74. The van der Waals surface area contributed by atoms with Crippen molar-refractivity contribution in [3.8, 4) is 0 Å². The predicted molar refractivity (Wildman–Crippen MR) is 88.4 cm³/mol. The summed E-state index contributed by atoms with van der Waals surface area (Å²) in [6.07, 6.45) is -0.896. The Morgan fingerprint density at radius 3 is 2.43 bits per heavy atom. The van der Waals surface area contributed by atoms with Crippen LogP contribution in [-0.2, 0) is 10.0 Å². The summed E-state index contributed by atoms with van der Waals surface area (Å²) in [6, 6.07) is 13.8. The highest BCUT2D eigenvalue weighted by Crippen LogP contribution is 2.25. The van der Waals surface area contributed by atoms with Crippen LogP contribution < -0.4 is 4.72 Å². The maximum absolute atomic E-state index is 12.3. The zero-order valence-corrected chi connectivity index (χ0v) is 14.8. The largest absolute Gasteiger partial charge is 0.387 e. The first kappa shape index (κ1) is 16.6. The van der Waals surface area contributed by atoms with Gasteiger partial charge in [0.1, 0.15) is 0 Å². The number of benzene rings is 2. The molecule has 0 saturated heterocycles. The molecule has 0 radical (unpaired) electrons. The average Bonchev–Trinajstić information content (AvgIpc) is 2.48. The number of aliphatic hydroxyl groups excluding tert-OH is 1. The minimum Gasteiger partial charge on any atom is -0.387 e. The Balaban J connectivity index is 2.13. The highest BCUT2D eigenvalue weighted by atomic mass is 79.9. The van der Waals surface area contributed by atoms with Crippen molar-refractivity contribution in [2.45, 2.75) is 11.0 Å². The van der Waals surface area contributed by atoms with Gasteiger partial charge >= 0.3 is 0 Å². The van der Waals surface area contributed by atoms with Gasteiger partial charge in [0.25, 0.3) is 0 Å². The van der Waals surface area contributed by atoms with Crippen molar-refractivity contribution in [3.05, 3.63) is 63.0 Å². The standard InChI is InChI=1S/C14H13Br2NO3S/c15-11-6-7-12(16)14(8-11)21(19,20)17-9-13(18)10-4-2-1-3-5-10/h1-8,13,17-18H,9H2. The topological polar surface area (TPSA) is 66.4 Å². The monoisotopic (exact) mass is 433 g/mol. The predicted octanol–water partition coefficient (Wildman–Crippen LogP) is 3.22. The third-order valence-electron chi connectivity index (χ3n) is 2.83. The SMILES string of the molecule is O=S(=O)(NCC(O)c1ccccc1)c1cc(Br)ccc1Br. The molecule has 0 aliphatic heterocycles. The highest BCUT2D eigenvalue weighted by Gasteiger charge is 2.19. The van der Waals surface area contributed by atoms with Gasteiger partial charge in [0, 0.05) is 15.5 Å². The lowest BCUT2D eigenvalue weighted by Crippen LogP contribution is -2.28. The molecule has 2 N–H and O–H groups in total. The summed E-state index contributed by atoms with van der Waals surface area (Å²) in [6.45, 7) is -0.0920. The number of rotatable bonds is 5. The maximum atomic E-state index is 12.3. The van der Waals surface area contributed by atoms with Crippen LogP contribution in [0.5, 0.6) is 0 Å². The zero-order valence-electron chi connectivity index (χ0n) is 10.8. The van der Waals surface area contributed by atoms with E-state index in [2.05, 4.69) is 36.6 Å². The number of aliphatic hydroxyl groups is 1. The quantitative estimate of drug-likeness (QED) is 0.759. The van der Waals surface area contributed by atoms with E-state index in [9.17, 15) is 13.5 Å². The van der Waals surface area contributed by atoms with E-state index in [-0.39, 0.29) is 11.4 Å². The molecule has 0 bridgehead atoms. The van der Waals surface area contributed by atoms with E-state index in [4.69, 9.17) is 0 Å². The molecule has 112 valence electrons. The van der Waals surface area contributed by atoms with Gasteiger partial charge in [0.15, 0.2) is 0 Å². The molecule has 0 fully saturated rings. The fourth-order valence-corrected chi connectivity index (χ4v) is 4.28. The van der Waals surface area contributed by atoms with Crippen LogP contribution in [0.4, 0.5) is 0 Å².